The molecule has 3 aromatic heterocycles. The van der Waals surface area contributed by atoms with E-state index in [0.29, 0.717) is 28.6 Å². The molecule has 7 nitrogen and oxygen atoms in total. The van der Waals surface area contributed by atoms with Gasteiger partial charge in [-0.15, -0.1) is 0 Å². The van der Waals surface area contributed by atoms with E-state index in [1.54, 1.807) is 6.20 Å². The van der Waals surface area contributed by atoms with Crippen molar-refractivity contribution in [2.45, 2.75) is 37.6 Å². The number of nitrogens with one attached hydrogen (secondary N) is 1. The van der Waals surface area contributed by atoms with Gasteiger partial charge in [0, 0.05) is 31.0 Å². The third-order valence-corrected chi connectivity index (χ3v) is 6.56. The molecule has 0 aliphatic carbocycles. The average molecular weight is 427 g/mol. The molecule has 3 aromatic rings. The monoisotopic (exact) mass is 426 g/mol. The summed E-state index contributed by atoms with van der Waals surface area (Å²) in [5.74, 6) is 1.19. The minimum absolute atomic E-state index is 0.328. The highest BCUT2D eigenvalue weighted by molar-refractivity contribution is 6.33. The van der Waals surface area contributed by atoms with Crippen LogP contribution >= 0.6 is 11.6 Å². The van der Waals surface area contributed by atoms with E-state index in [2.05, 4.69) is 45.7 Å². The molecule has 0 saturated carbocycles. The van der Waals surface area contributed by atoms with Crippen LogP contribution in [-0.4, -0.2) is 63.9 Å². The quantitative estimate of drug-likeness (QED) is 0.683. The Morgan fingerprint density at radius 3 is 2.70 bits per heavy atom. The molecule has 0 atom stereocenters. The summed E-state index contributed by atoms with van der Waals surface area (Å²) in [4.78, 5) is 11.5. The fourth-order valence-electron chi connectivity index (χ4n) is 4.42. The van der Waals surface area contributed by atoms with Crippen LogP contribution in [0.5, 0.6) is 0 Å². The van der Waals surface area contributed by atoms with Crippen molar-refractivity contribution < 1.29 is 4.74 Å². The highest BCUT2D eigenvalue weighted by Gasteiger charge is 2.21. The number of hydrogen-bond donors (Lipinski definition) is 1. The molecule has 2 saturated heterocycles. The Labute approximate surface area is 181 Å². The smallest absolute Gasteiger partial charge is 0.223 e. The maximum atomic E-state index is 6.48. The Hall–Kier alpha value is -2.22. The largest absolute Gasteiger partial charge is 0.381 e. The normalized spacial score (nSPS) is 19.4. The third-order valence-electron chi connectivity index (χ3n) is 6.28. The van der Waals surface area contributed by atoms with Crippen molar-refractivity contribution in [3.05, 3.63) is 41.3 Å². The summed E-state index contributed by atoms with van der Waals surface area (Å²) < 4.78 is 7.38. The molecular formula is C22H27ClN6O. The zero-order valence-electron chi connectivity index (χ0n) is 17.2. The second-order valence-electron chi connectivity index (χ2n) is 8.35. The highest BCUT2D eigenvalue weighted by atomic mass is 35.5. The van der Waals surface area contributed by atoms with Crippen molar-refractivity contribution in [3.8, 4) is 11.3 Å². The van der Waals surface area contributed by atoms with Crippen LogP contribution in [0, 0.1) is 0 Å². The topological polar surface area (TPSA) is 67.6 Å². The highest BCUT2D eigenvalue weighted by Crippen LogP contribution is 2.32. The van der Waals surface area contributed by atoms with Crippen molar-refractivity contribution in [2.24, 2.45) is 0 Å². The second-order valence-corrected chi connectivity index (χ2v) is 8.76. The van der Waals surface area contributed by atoms with Crippen LogP contribution in [0.3, 0.4) is 0 Å². The number of hydrogen-bond acceptors (Lipinski definition) is 6. The molecule has 2 aliphatic rings. The number of rotatable bonds is 4. The van der Waals surface area contributed by atoms with Gasteiger partial charge in [0.15, 0.2) is 0 Å². The van der Waals surface area contributed by atoms with Gasteiger partial charge in [-0.25, -0.2) is 14.5 Å². The molecule has 5 rings (SSSR count). The van der Waals surface area contributed by atoms with Gasteiger partial charge in [0.1, 0.15) is 0 Å². The number of ether oxygens (including phenoxy) is 1. The Morgan fingerprint density at radius 2 is 1.90 bits per heavy atom. The van der Waals surface area contributed by atoms with E-state index in [1.807, 2.05) is 10.7 Å². The number of piperidine rings is 1. The first-order valence-electron chi connectivity index (χ1n) is 10.7. The lowest BCUT2D eigenvalue weighted by molar-refractivity contribution is 0.0903. The van der Waals surface area contributed by atoms with Crippen LogP contribution in [-0.2, 0) is 4.74 Å². The fourth-order valence-corrected chi connectivity index (χ4v) is 4.61. The van der Waals surface area contributed by atoms with Crippen LogP contribution in [0.15, 0.2) is 30.7 Å². The molecule has 0 spiro atoms. The SMILES string of the molecule is CN1CCC(c2ccc3c(-c4nc(NC5CCOCC5)ncc4Cl)cnn3c2)CC1. The number of likely N-dealkylation sites (tertiary alicyclic amines) is 1. The first-order valence-corrected chi connectivity index (χ1v) is 11.1. The van der Waals surface area contributed by atoms with Crippen LogP contribution < -0.4 is 5.32 Å². The first-order chi connectivity index (χ1) is 14.7. The lowest BCUT2D eigenvalue weighted by Gasteiger charge is -2.29. The predicted octanol–water partition coefficient (Wildman–Crippen LogP) is 3.84. The van der Waals surface area contributed by atoms with E-state index in [0.717, 1.165) is 50.2 Å². The fraction of sp³-hybridized carbons (Fsp3) is 0.500. The molecule has 30 heavy (non-hydrogen) atoms. The van der Waals surface area contributed by atoms with Gasteiger partial charge in [-0.3, -0.25) is 0 Å². The molecule has 8 heteroatoms. The van der Waals surface area contributed by atoms with Crippen LogP contribution in [0.1, 0.15) is 37.2 Å². The third kappa shape index (κ3) is 4.02. The molecule has 0 bridgehead atoms. The maximum absolute atomic E-state index is 6.48. The van der Waals surface area contributed by atoms with Gasteiger partial charge < -0.3 is 15.0 Å². The molecular weight excluding hydrogens is 400 g/mol. The van der Waals surface area contributed by atoms with Gasteiger partial charge >= 0.3 is 0 Å². The minimum Gasteiger partial charge on any atom is -0.381 e. The van der Waals surface area contributed by atoms with E-state index >= 15 is 0 Å². The molecule has 2 aliphatic heterocycles. The Morgan fingerprint density at radius 1 is 1.10 bits per heavy atom. The summed E-state index contributed by atoms with van der Waals surface area (Å²) in [6.45, 7) is 3.83. The van der Waals surface area contributed by atoms with Gasteiger partial charge in [0.2, 0.25) is 5.95 Å². The Bertz CT molecular complexity index is 1020. The molecule has 1 N–H and O–H groups in total. The first kappa shape index (κ1) is 19.7. The standard InChI is InChI=1S/C22H27ClN6O/c1-28-8-4-15(5-9-28)16-2-3-20-18(12-25-29(20)14-16)21-19(23)13-24-22(27-21)26-17-6-10-30-11-7-17/h2-3,12-15,17H,4-11H2,1H3,(H,24,26,27). The van der Waals surface area contributed by atoms with E-state index in [-0.39, 0.29) is 0 Å². The predicted molar refractivity (Wildman–Crippen MR) is 118 cm³/mol. The molecule has 2 fully saturated rings. The molecule has 0 radical (unpaired) electrons. The zero-order valence-corrected chi connectivity index (χ0v) is 18.0. The number of pyridine rings is 1. The molecule has 0 amide bonds. The molecule has 0 unspecified atom stereocenters. The summed E-state index contributed by atoms with van der Waals surface area (Å²) in [7, 11) is 2.19. The van der Waals surface area contributed by atoms with Crippen molar-refractivity contribution >= 4 is 23.1 Å². The van der Waals surface area contributed by atoms with E-state index in [4.69, 9.17) is 21.3 Å². The molecule has 158 valence electrons. The molecule has 0 aromatic carbocycles. The van der Waals surface area contributed by atoms with E-state index in [1.165, 1.54) is 18.4 Å². The van der Waals surface area contributed by atoms with Crippen LogP contribution in [0.2, 0.25) is 5.02 Å². The summed E-state index contributed by atoms with van der Waals surface area (Å²) in [5.41, 5.74) is 3.99. The van der Waals surface area contributed by atoms with Gasteiger partial charge in [-0.1, -0.05) is 17.7 Å². The van der Waals surface area contributed by atoms with Crippen LogP contribution in [0.4, 0.5) is 5.95 Å². The van der Waals surface area contributed by atoms with Crippen molar-refractivity contribution in [3.63, 3.8) is 0 Å². The van der Waals surface area contributed by atoms with Crippen molar-refractivity contribution in [2.75, 3.05) is 38.7 Å². The van der Waals surface area contributed by atoms with Crippen LogP contribution in [0.25, 0.3) is 16.8 Å². The van der Waals surface area contributed by atoms with Crippen molar-refractivity contribution in [1.82, 2.24) is 24.5 Å². The number of nitrogens with zero attached hydrogens (tertiary/aromatic N) is 5. The van der Waals surface area contributed by atoms with E-state index < -0.39 is 0 Å². The second kappa shape index (κ2) is 8.49. The Kier molecular flexibility index (Phi) is 5.58. The Balaban J connectivity index is 1.42. The summed E-state index contributed by atoms with van der Waals surface area (Å²) >= 11 is 6.48. The lowest BCUT2D eigenvalue weighted by Crippen LogP contribution is -2.29. The average Bonchev–Trinajstić information content (AvgIpc) is 3.19. The number of halogens is 1. The summed E-state index contributed by atoms with van der Waals surface area (Å²) in [6.07, 6.45) is 9.97. The lowest BCUT2D eigenvalue weighted by atomic mass is 9.90. The summed E-state index contributed by atoms with van der Waals surface area (Å²) in [5, 5.41) is 8.55. The van der Waals surface area contributed by atoms with Gasteiger partial charge in [0.25, 0.3) is 0 Å². The number of fused-ring (bicyclic) bond motifs is 1. The van der Waals surface area contributed by atoms with Crippen molar-refractivity contribution in [1.29, 1.82) is 0 Å². The number of aromatic nitrogens is 4. The van der Waals surface area contributed by atoms with E-state index in [9.17, 15) is 0 Å². The van der Waals surface area contributed by atoms with Gasteiger partial charge in [-0.05, 0) is 63.4 Å². The maximum Gasteiger partial charge on any atom is 0.223 e. The van der Waals surface area contributed by atoms with Gasteiger partial charge in [-0.2, -0.15) is 5.10 Å². The molecule has 5 heterocycles. The number of anilines is 1. The van der Waals surface area contributed by atoms with Gasteiger partial charge in [0.05, 0.1) is 28.6 Å². The minimum atomic E-state index is 0.328. The summed E-state index contributed by atoms with van der Waals surface area (Å²) in [6, 6.07) is 4.70. The zero-order chi connectivity index (χ0) is 20.5.